The summed E-state index contributed by atoms with van der Waals surface area (Å²) in [4.78, 5) is 40.6. The summed E-state index contributed by atoms with van der Waals surface area (Å²) in [5, 5.41) is 2.55. The molecule has 1 aliphatic rings. The highest BCUT2D eigenvalue weighted by atomic mass is 16.6. The number of amides is 1. The number of cyclic esters (lactones) is 1. The van der Waals surface area contributed by atoms with Crippen LogP contribution in [0.3, 0.4) is 0 Å². The zero-order valence-corrected chi connectivity index (χ0v) is 13.5. The van der Waals surface area contributed by atoms with Crippen LogP contribution < -0.4 is 5.32 Å². The lowest BCUT2D eigenvalue weighted by Gasteiger charge is -2.30. The summed E-state index contributed by atoms with van der Waals surface area (Å²) in [6.07, 6.45) is 0.908. The van der Waals surface area contributed by atoms with E-state index in [2.05, 4.69) is 10.3 Å². The Morgan fingerprint density at radius 1 is 1.24 bits per heavy atom. The molecule has 2 aromatic rings. The van der Waals surface area contributed by atoms with E-state index in [1.54, 1.807) is 36.4 Å². The molecule has 3 rings (SSSR count). The Hall–Kier alpha value is -3.22. The van der Waals surface area contributed by atoms with Gasteiger partial charge < -0.3 is 14.8 Å². The molecule has 0 spiro atoms. The van der Waals surface area contributed by atoms with Crippen LogP contribution in [0.1, 0.15) is 26.4 Å². The Balaban J connectivity index is 1.83. The number of benzene rings is 1. The van der Waals surface area contributed by atoms with Crippen molar-refractivity contribution in [3.63, 3.8) is 0 Å². The zero-order valence-electron chi connectivity index (χ0n) is 13.5. The van der Waals surface area contributed by atoms with E-state index in [4.69, 9.17) is 9.47 Å². The van der Waals surface area contributed by atoms with Gasteiger partial charge in [0.25, 0.3) is 5.91 Å². The summed E-state index contributed by atoms with van der Waals surface area (Å²) in [5.74, 6) is -1.78. The van der Waals surface area contributed by atoms with Gasteiger partial charge in [-0.25, -0.2) is 9.59 Å². The number of ether oxygens (including phenoxy) is 2. The van der Waals surface area contributed by atoms with Gasteiger partial charge >= 0.3 is 11.9 Å². The Morgan fingerprint density at radius 3 is 2.72 bits per heavy atom. The molecule has 0 saturated heterocycles. The van der Waals surface area contributed by atoms with Gasteiger partial charge in [0, 0.05) is 12.6 Å². The van der Waals surface area contributed by atoms with Crippen LogP contribution in [0, 0.1) is 0 Å². The first-order valence-electron chi connectivity index (χ1n) is 7.68. The van der Waals surface area contributed by atoms with Gasteiger partial charge in [-0.1, -0.05) is 24.3 Å². The minimum Gasteiger partial charge on any atom is -0.467 e. The van der Waals surface area contributed by atoms with Crippen molar-refractivity contribution in [1.82, 2.24) is 10.3 Å². The predicted octanol–water partition coefficient (Wildman–Crippen LogP) is 1.13. The lowest BCUT2D eigenvalue weighted by molar-refractivity contribution is -0.146. The van der Waals surface area contributed by atoms with Gasteiger partial charge in [0.05, 0.1) is 12.7 Å². The van der Waals surface area contributed by atoms with Crippen molar-refractivity contribution in [3.8, 4) is 0 Å². The molecule has 25 heavy (non-hydrogen) atoms. The third-order valence-corrected chi connectivity index (χ3v) is 3.93. The number of hydrogen-bond donors (Lipinski definition) is 1. The first kappa shape index (κ1) is 16.6. The molecule has 7 heteroatoms. The van der Waals surface area contributed by atoms with Crippen LogP contribution in [0.15, 0.2) is 48.7 Å². The van der Waals surface area contributed by atoms with E-state index in [1.807, 2.05) is 0 Å². The average molecular weight is 340 g/mol. The van der Waals surface area contributed by atoms with Crippen LogP contribution in [0.25, 0.3) is 0 Å². The van der Waals surface area contributed by atoms with E-state index in [1.165, 1.54) is 19.4 Å². The molecule has 7 nitrogen and oxygen atoms in total. The predicted molar refractivity (Wildman–Crippen MR) is 86.9 cm³/mol. The van der Waals surface area contributed by atoms with Crippen molar-refractivity contribution < 1.29 is 23.9 Å². The van der Waals surface area contributed by atoms with Gasteiger partial charge in [-0.15, -0.1) is 0 Å². The highest BCUT2D eigenvalue weighted by molar-refractivity contribution is 5.96. The highest BCUT2D eigenvalue weighted by Crippen LogP contribution is 2.22. The largest absolute Gasteiger partial charge is 0.467 e. The monoisotopic (exact) mass is 340 g/mol. The van der Waals surface area contributed by atoms with Crippen molar-refractivity contribution in [3.05, 3.63) is 65.5 Å². The summed E-state index contributed by atoms with van der Waals surface area (Å²) in [6, 6.07) is 10.7. The quantitative estimate of drug-likeness (QED) is 0.839. The molecule has 0 unspecified atom stereocenters. The summed E-state index contributed by atoms with van der Waals surface area (Å²) in [5.41, 5.74) is 1.36. The third-order valence-electron chi connectivity index (χ3n) is 3.93. The van der Waals surface area contributed by atoms with Gasteiger partial charge in [-0.2, -0.15) is 0 Å². The molecule has 1 aliphatic heterocycles. The van der Waals surface area contributed by atoms with Crippen molar-refractivity contribution in [1.29, 1.82) is 0 Å². The second-order valence-electron chi connectivity index (χ2n) is 5.49. The minimum atomic E-state index is -1.13. The maximum atomic E-state index is 12.3. The van der Waals surface area contributed by atoms with Crippen LogP contribution in [0.5, 0.6) is 0 Å². The Labute approximate surface area is 144 Å². The number of rotatable bonds is 4. The van der Waals surface area contributed by atoms with Crippen molar-refractivity contribution in [2.75, 3.05) is 7.11 Å². The van der Waals surface area contributed by atoms with E-state index in [0.29, 0.717) is 12.0 Å². The minimum absolute atomic E-state index is 0.152. The van der Waals surface area contributed by atoms with Gasteiger partial charge in [0.2, 0.25) is 0 Å². The molecule has 128 valence electrons. The molecule has 0 radical (unpaired) electrons. The number of methoxy groups -OCH3 is 1. The Bertz CT molecular complexity index is 806. The topological polar surface area (TPSA) is 94.6 Å². The molecule has 1 aromatic heterocycles. The number of esters is 2. The van der Waals surface area contributed by atoms with Crippen molar-refractivity contribution in [2.24, 2.45) is 0 Å². The standard InChI is InChI=1S/C18H16N2O5/c1-24-18(23)15(20-16(21)13-8-4-5-9-19-13)14-10-11-6-2-3-7-12(11)17(22)25-14/h2-9,14-15H,10H2,1H3,(H,20,21)/t14-,15+/m1/s1. The second kappa shape index (κ2) is 7.12. The van der Waals surface area contributed by atoms with Crippen LogP contribution in [-0.4, -0.2) is 42.1 Å². The van der Waals surface area contributed by atoms with E-state index in [0.717, 1.165) is 5.56 Å². The maximum absolute atomic E-state index is 12.3. The van der Waals surface area contributed by atoms with E-state index in [9.17, 15) is 14.4 Å². The molecule has 0 saturated carbocycles. The smallest absolute Gasteiger partial charge is 0.338 e. The highest BCUT2D eigenvalue weighted by Gasteiger charge is 2.38. The first-order chi connectivity index (χ1) is 12.1. The van der Waals surface area contributed by atoms with Crippen LogP contribution in [0.4, 0.5) is 0 Å². The number of aromatic nitrogens is 1. The number of pyridine rings is 1. The van der Waals surface area contributed by atoms with E-state index < -0.39 is 30.0 Å². The molecule has 1 amide bonds. The molecule has 0 aliphatic carbocycles. The van der Waals surface area contributed by atoms with Gasteiger partial charge in [-0.05, 0) is 23.8 Å². The van der Waals surface area contributed by atoms with Crippen LogP contribution in [0.2, 0.25) is 0 Å². The van der Waals surface area contributed by atoms with Gasteiger partial charge in [0.1, 0.15) is 11.8 Å². The summed E-state index contributed by atoms with van der Waals surface area (Å²) in [6.45, 7) is 0. The molecule has 0 bridgehead atoms. The molecule has 2 atom stereocenters. The Kier molecular flexibility index (Phi) is 4.74. The fourth-order valence-electron chi connectivity index (χ4n) is 2.69. The van der Waals surface area contributed by atoms with Crippen LogP contribution in [-0.2, 0) is 20.7 Å². The first-order valence-corrected chi connectivity index (χ1v) is 7.68. The van der Waals surface area contributed by atoms with Gasteiger partial charge in [-0.3, -0.25) is 9.78 Å². The molecular weight excluding hydrogens is 324 g/mol. The fourth-order valence-corrected chi connectivity index (χ4v) is 2.69. The second-order valence-corrected chi connectivity index (χ2v) is 5.49. The lowest BCUT2D eigenvalue weighted by atomic mass is 9.94. The summed E-state index contributed by atoms with van der Waals surface area (Å²) < 4.78 is 10.1. The normalized spacial score (nSPS) is 17.0. The number of carbonyl (C=O) groups excluding carboxylic acids is 3. The molecule has 2 heterocycles. The van der Waals surface area contributed by atoms with E-state index >= 15 is 0 Å². The summed E-state index contributed by atoms with van der Waals surface area (Å²) >= 11 is 0. The summed E-state index contributed by atoms with van der Waals surface area (Å²) in [7, 11) is 1.21. The number of hydrogen-bond acceptors (Lipinski definition) is 6. The number of nitrogens with zero attached hydrogens (tertiary/aromatic N) is 1. The van der Waals surface area contributed by atoms with Gasteiger partial charge in [0.15, 0.2) is 6.04 Å². The average Bonchev–Trinajstić information content (AvgIpc) is 2.66. The Morgan fingerprint density at radius 2 is 2.00 bits per heavy atom. The van der Waals surface area contributed by atoms with E-state index in [-0.39, 0.29) is 5.69 Å². The number of carbonyl (C=O) groups is 3. The molecule has 1 aromatic carbocycles. The molecular formula is C18H16N2O5. The SMILES string of the molecule is COC(=O)[C@@H](NC(=O)c1ccccn1)[C@H]1Cc2ccccc2C(=O)O1. The molecule has 0 fully saturated rings. The molecule has 1 N–H and O–H groups in total. The van der Waals surface area contributed by atoms with Crippen molar-refractivity contribution in [2.45, 2.75) is 18.6 Å². The van der Waals surface area contributed by atoms with Crippen molar-refractivity contribution >= 4 is 17.8 Å². The fraction of sp³-hybridized carbons (Fsp3) is 0.222. The third kappa shape index (κ3) is 3.50. The lowest BCUT2D eigenvalue weighted by Crippen LogP contribution is -2.53. The maximum Gasteiger partial charge on any atom is 0.338 e. The van der Waals surface area contributed by atoms with Crippen LogP contribution >= 0.6 is 0 Å². The number of nitrogens with one attached hydrogen (secondary N) is 1. The number of fused-ring (bicyclic) bond motifs is 1. The zero-order chi connectivity index (χ0) is 17.8.